The number of carbonyl (C=O) groups is 1. The van der Waals surface area contributed by atoms with Crippen molar-refractivity contribution < 1.29 is 23.1 Å². The topological polar surface area (TPSA) is 73.1 Å². The first-order valence-electron chi connectivity index (χ1n) is 4.38. The molecule has 0 aliphatic carbocycles. The van der Waals surface area contributed by atoms with E-state index in [2.05, 4.69) is 18.3 Å². The fourth-order valence-electron chi connectivity index (χ4n) is 0.843. The van der Waals surface area contributed by atoms with Crippen LogP contribution in [0.5, 0.6) is 0 Å². The van der Waals surface area contributed by atoms with E-state index >= 15 is 0 Å². The van der Waals surface area contributed by atoms with Crippen molar-refractivity contribution in [2.45, 2.75) is 30.9 Å². The maximum Gasteiger partial charge on any atom is 0.490 e. The van der Waals surface area contributed by atoms with Crippen molar-refractivity contribution in [3.63, 3.8) is 0 Å². The molecule has 2 unspecified atom stereocenters. The number of halogens is 3. The number of carboxylic acid groups (broad SMARTS) is 1. The molecule has 8 heteroatoms. The van der Waals surface area contributed by atoms with Crippen LogP contribution in [0.1, 0.15) is 13.3 Å². The zero-order chi connectivity index (χ0) is 12.8. The van der Waals surface area contributed by atoms with E-state index in [1.54, 1.807) is 0 Å². The van der Waals surface area contributed by atoms with Crippen LogP contribution in [0.4, 0.5) is 13.2 Å². The third-order valence-corrected chi connectivity index (χ3v) is 3.02. The van der Waals surface area contributed by atoms with Crippen molar-refractivity contribution in [2.24, 2.45) is 0 Å². The van der Waals surface area contributed by atoms with E-state index in [1.165, 1.54) is 0 Å². The average Bonchev–Trinajstić information content (AvgIpc) is 2.64. The fourth-order valence-corrected chi connectivity index (χ4v) is 1.93. The molecule has 1 saturated heterocycles. The van der Waals surface area contributed by atoms with E-state index in [1.807, 2.05) is 11.8 Å². The van der Waals surface area contributed by atoms with Gasteiger partial charge in [0.25, 0.3) is 0 Å². The van der Waals surface area contributed by atoms with Gasteiger partial charge in [0.1, 0.15) is 6.04 Å². The Labute approximate surface area is 94.8 Å². The maximum atomic E-state index is 10.6. The van der Waals surface area contributed by atoms with Crippen molar-refractivity contribution in [2.75, 3.05) is 5.75 Å². The number of carboxylic acids is 1. The maximum absolute atomic E-state index is 10.6. The van der Waals surface area contributed by atoms with E-state index in [0.29, 0.717) is 5.37 Å². The highest BCUT2D eigenvalue weighted by molar-refractivity contribution is 8.00. The van der Waals surface area contributed by atoms with Crippen molar-refractivity contribution >= 4 is 17.7 Å². The highest BCUT2D eigenvalue weighted by Crippen LogP contribution is 2.20. The molecule has 0 aromatic rings. The van der Waals surface area contributed by atoms with Crippen molar-refractivity contribution in [1.29, 1.82) is 5.26 Å². The van der Waals surface area contributed by atoms with Crippen LogP contribution in [0.2, 0.25) is 0 Å². The van der Waals surface area contributed by atoms with Crippen LogP contribution in [0.25, 0.3) is 0 Å². The quantitative estimate of drug-likeness (QED) is 0.745. The minimum atomic E-state index is -5.08. The Balaban J connectivity index is 0.000000293. The molecule has 0 bridgehead atoms. The van der Waals surface area contributed by atoms with Crippen LogP contribution in [0.15, 0.2) is 0 Å². The molecule has 4 nitrogen and oxygen atoms in total. The number of hydrogen-bond donors (Lipinski definition) is 2. The van der Waals surface area contributed by atoms with Crippen molar-refractivity contribution in [3.8, 4) is 6.07 Å². The highest BCUT2D eigenvalue weighted by atomic mass is 32.2. The molecule has 0 aromatic carbocycles. The number of rotatable bonds is 1. The van der Waals surface area contributed by atoms with Gasteiger partial charge in [-0.05, 0) is 6.42 Å². The molecule has 0 aromatic heterocycles. The van der Waals surface area contributed by atoms with Crippen molar-refractivity contribution in [1.82, 2.24) is 5.32 Å². The molecule has 1 fully saturated rings. The molecule has 0 saturated carbocycles. The van der Waals surface area contributed by atoms with E-state index in [9.17, 15) is 13.2 Å². The van der Waals surface area contributed by atoms with Crippen LogP contribution < -0.4 is 5.32 Å². The predicted molar refractivity (Wildman–Crippen MR) is 52.8 cm³/mol. The van der Waals surface area contributed by atoms with Crippen molar-refractivity contribution in [3.05, 3.63) is 0 Å². The number of alkyl halides is 3. The summed E-state index contributed by atoms with van der Waals surface area (Å²) in [6, 6.07) is 2.29. The number of thioether (sulfide) groups is 1. The lowest BCUT2D eigenvalue weighted by Crippen LogP contribution is -2.27. The van der Waals surface area contributed by atoms with Gasteiger partial charge in [0.2, 0.25) is 0 Å². The van der Waals surface area contributed by atoms with Gasteiger partial charge in [-0.3, -0.25) is 5.32 Å². The zero-order valence-electron chi connectivity index (χ0n) is 8.41. The molecule has 1 aliphatic rings. The summed E-state index contributed by atoms with van der Waals surface area (Å²) in [5.74, 6) is -1.80. The van der Waals surface area contributed by atoms with E-state index in [4.69, 9.17) is 15.2 Å². The van der Waals surface area contributed by atoms with Gasteiger partial charge in [0, 0.05) is 5.75 Å². The minimum Gasteiger partial charge on any atom is -0.475 e. The molecule has 0 radical (unpaired) electrons. The van der Waals surface area contributed by atoms with Gasteiger partial charge in [0.05, 0.1) is 11.4 Å². The molecule has 0 amide bonds. The Hall–Kier alpha value is -0.940. The van der Waals surface area contributed by atoms with Gasteiger partial charge < -0.3 is 5.11 Å². The van der Waals surface area contributed by atoms with Gasteiger partial charge in [-0.2, -0.15) is 18.4 Å². The van der Waals surface area contributed by atoms with Crippen LogP contribution in [-0.4, -0.2) is 34.4 Å². The molecule has 1 aliphatic heterocycles. The highest BCUT2D eigenvalue weighted by Gasteiger charge is 2.38. The van der Waals surface area contributed by atoms with Crippen LogP contribution in [0, 0.1) is 11.3 Å². The van der Waals surface area contributed by atoms with Crippen LogP contribution in [0.3, 0.4) is 0 Å². The number of nitrogens with zero attached hydrogens (tertiary/aromatic N) is 1. The third-order valence-electron chi connectivity index (χ3n) is 1.62. The summed E-state index contributed by atoms with van der Waals surface area (Å²) in [6.07, 6.45) is -3.97. The number of nitrogens with one attached hydrogen (secondary N) is 1. The molecule has 1 rings (SSSR count). The normalized spacial score (nSPS) is 24.2. The Kier molecular flexibility index (Phi) is 6.21. The van der Waals surface area contributed by atoms with E-state index in [-0.39, 0.29) is 6.04 Å². The molecule has 2 atom stereocenters. The first-order chi connectivity index (χ1) is 7.31. The van der Waals surface area contributed by atoms with Gasteiger partial charge in [-0.15, -0.1) is 11.8 Å². The molecular weight excluding hydrogens is 245 g/mol. The molecule has 2 N–H and O–H groups in total. The Morgan fingerprint density at radius 3 is 2.38 bits per heavy atom. The smallest absolute Gasteiger partial charge is 0.475 e. The number of aliphatic carboxylic acids is 1. The summed E-state index contributed by atoms with van der Waals surface area (Å²) in [5, 5.41) is 19.3. The largest absolute Gasteiger partial charge is 0.490 e. The predicted octanol–water partition coefficient (Wildman–Crippen LogP) is 1.58. The second-order valence-electron chi connectivity index (χ2n) is 2.88. The summed E-state index contributed by atoms with van der Waals surface area (Å²) in [4.78, 5) is 8.90. The number of hydrogen-bond acceptors (Lipinski definition) is 4. The lowest BCUT2D eigenvalue weighted by atomic mass is 10.3. The Morgan fingerprint density at radius 2 is 2.19 bits per heavy atom. The molecule has 1 heterocycles. The van der Waals surface area contributed by atoms with Gasteiger partial charge in [-0.1, -0.05) is 6.92 Å². The molecule has 0 spiro atoms. The molecular formula is C8H11F3N2O2S. The second kappa shape index (κ2) is 6.60. The number of nitriles is 1. The Morgan fingerprint density at radius 1 is 1.69 bits per heavy atom. The average molecular weight is 256 g/mol. The zero-order valence-corrected chi connectivity index (χ0v) is 9.23. The van der Waals surface area contributed by atoms with Gasteiger partial charge in [-0.25, -0.2) is 4.79 Å². The lowest BCUT2D eigenvalue weighted by Gasteiger charge is -2.03. The first-order valence-corrected chi connectivity index (χ1v) is 5.43. The summed E-state index contributed by atoms with van der Waals surface area (Å²) in [7, 11) is 0. The monoisotopic (exact) mass is 256 g/mol. The molecule has 16 heavy (non-hydrogen) atoms. The Bertz CT molecular complexity index is 277. The first kappa shape index (κ1) is 15.1. The van der Waals surface area contributed by atoms with Gasteiger partial charge >= 0.3 is 12.1 Å². The van der Waals surface area contributed by atoms with Gasteiger partial charge in [0.15, 0.2) is 0 Å². The summed E-state index contributed by atoms with van der Waals surface area (Å²) < 4.78 is 31.7. The second-order valence-corrected chi connectivity index (χ2v) is 4.12. The lowest BCUT2D eigenvalue weighted by molar-refractivity contribution is -0.192. The van der Waals surface area contributed by atoms with Crippen LogP contribution in [-0.2, 0) is 4.79 Å². The fraction of sp³-hybridized carbons (Fsp3) is 0.750. The molecule has 92 valence electrons. The summed E-state index contributed by atoms with van der Waals surface area (Å²) in [5.41, 5.74) is 0. The summed E-state index contributed by atoms with van der Waals surface area (Å²) in [6.45, 7) is 2.13. The SMILES string of the molecule is CCC1NC(C#N)CS1.O=C(O)C(F)(F)F. The van der Waals surface area contributed by atoms with E-state index < -0.39 is 12.1 Å². The minimum absolute atomic E-state index is 0.0972. The third kappa shape index (κ3) is 5.82. The summed E-state index contributed by atoms with van der Waals surface area (Å²) >= 11 is 1.84. The van der Waals surface area contributed by atoms with Crippen LogP contribution >= 0.6 is 11.8 Å². The standard InChI is InChI=1S/C6H10N2S.C2HF3O2/c1-2-6-8-5(3-7)4-9-6;3-2(4,5)1(6)7/h5-6,8H,2,4H2,1H3;(H,6,7). The van der Waals surface area contributed by atoms with E-state index in [0.717, 1.165) is 12.2 Å².